The first-order chi connectivity index (χ1) is 8.38. The van der Waals surface area contributed by atoms with Crippen LogP contribution in [0.15, 0.2) is 17.0 Å². The molecule has 0 radical (unpaired) electrons. The van der Waals surface area contributed by atoms with Gasteiger partial charge in [0.1, 0.15) is 4.90 Å². The monoisotopic (exact) mass is 298 g/mol. The zero-order valence-electron chi connectivity index (χ0n) is 9.75. The van der Waals surface area contributed by atoms with Crippen LogP contribution in [0.4, 0.5) is 8.78 Å². The molecule has 102 valence electrons. The Balaban J connectivity index is 2.88. The van der Waals surface area contributed by atoms with E-state index in [9.17, 15) is 17.2 Å². The fraction of sp³-hybridized carbons (Fsp3) is 0.455. The van der Waals surface area contributed by atoms with E-state index in [0.717, 1.165) is 25.0 Å². The van der Waals surface area contributed by atoms with Gasteiger partial charge in [0.15, 0.2) is 11.6 Å². The number of hydrogen-bond donors (Lipinski definition) is 0. The number of rotatable bonds is 6. The predicted octanol–water partition coefficient (Wildman–Crippen LogP) is 3.46. The van der Waals surface area contributed by atoms with E-state index >= 15 is 0 Å². The minimum atomic E-state index is -4.30. The molecule has 3 nitrogen and oxygen atoms in total. The molecule has 0 unspecified atom stereocenters. The maximum absolute atomic E-state index is 13.5. The van der Waals surface area contributed by atoms with E-state index in [0.29, 0.717) is 6.42 Å². The summed E-state index contributed by atoms with van der Waals surface area (Å²) in [7, 11) is 0.658. The molecule has 0 aliphatic carbocycles. The van der Waals surface area contributed by atoms with E-state index in [2.05, 4.69) is 0 Å². The quantitative estimate of drug-likeness (QED) is 0.597. The maximum atomic E-state index is 13.5. The van der Waals surface area contributed by atoms with Gasteiger partial charge in [-0.2, -0.15) is 4.39 Å². The molecule has 0 aliphatic rings. The Hall–Kier alpha value is -0.880. The Kier molecular flexibility index (Phi) is 5.34. The van der Waals surface area contributed by atoms with E-state index in [-0.39, 0.29) is 12.4 Å². The third-order valence-corrected chi connectivity index (χ3v) is 3.62. The van der Waals surface area contributed by atoms with Gasteiger partial charge in [0.05, 0.1) is 6.61 Å². The van der Waals surface area contributed by atoms with Crippen molar-refractivity contribution < 1.29 is 21.9 Å². The molecule has 0 saturated heterocycles. The summed E-state index contributed by atoms with van der Waals surface area (Å²) in [6, 6.07) is 1.94. The molecular formula is C11H13ClF2O3S. The summed E-state index contributed by atoms with van der Waals surface area (Å²) in [5.41, 5.74) is 0. The first kappa shape index (κ1) is 15.2. The summed E-state index contributed by atoms with van der Waals surface area (Å²) in [4.78, 5) is -0.887. The van der Waals surface area contributed by atoms with E-state index in [1.165, 1.54) is 0 Å². The molecule has 0 atom stereocenters. The highest BCUT2D eigenvalue weighted by Crippen LogP contribution is 2.27. The zero-order valence-corrected chi connectivity index (χ0v) is 11.3. The molecule has 0 aliphatic heterocycles. The SMILES string of the molecule is CCCCCOc1ccc(S(=O)(=O)Cl)c(F)c1F. The maximum Gasteiger partial charge on any atom is 0.264 e. The topological polar surface area (TPSA) is 43.4 Å². The van der Waals surface area contributed by atoms with Gasteiger partial charge >= 0.3 is 0 Å². The molecule has 1 aromatic carbocycles. The van der Waals surface area contributed by atoms with Gasteiger partial charge in [-0.15, -0.1) is 0 Å². The van der Waals surface area contributed by atoms with Crippen LogP contribution < -0.4 is 4.74 Å². The van der Waals surface area contributed by atoms with Gasteiger partial charge in [0, 0.05) is 10.7 Å². The second kappa shape index (κ2) is 6.33. The van der Waals surface area contributed by atoms with Crippen molar-refractivity contribution in [3.63, 3.8) is 0 Å². The Morgan fingerprint density at radius 1 is 1.22 bits per heavy atom. The van der Waals surface area contributed by atoms with Crippen LogP contribution in [0.3, 0.4) is 0 Å². The average molecular weight is 299 g/mol. The van der Waals surface area contributed by atoms with Crippen LogP contribution >= 0.6 is 10.7 Å². The van der Waals surface area contributed by atoms with Crippen LogP contribution in [-0.2, 0) is 9.05 Å². The molecule has 0 amide bonds. The number of unbranched alkanes of at least 4 members (excludes halogenated alkanes) is 2. The lowest BCUT2D eigenvalue weighted by molar-refractivity contribution is 0.285. The fourth-order valence-corrected chi connectivity index (χ4v) is 2.24. The fourth-order valence-electron chi connectivity index (χ4n) is 1.35. The zero-order chi connectivity index (χ0) is 13.8. The van der Waals surface area contributed by atoms with Gasteiger partial charge in [-0.1, -0.05) is 19.8 Å². The summed E-state index contributed by atoms with van der Waals surface area (Å²) in [6.45, 7) is 2.25. The van der Waals surface area contributed by atoms with Gasteiger partial charge in [-0.3, -0.25) is 0 Å². The Bertz CT molecular complexity index is 517. The van der Waals surface area contributed by atoms with Crippen LogP contribution in [0, 0.1) is 11.6 Å². The van der Waals surface area contributed by atoms with Crippen LogP contribution in [-0.4, -0.2) is 15.0 Å². The van der Waals surface area contributed by atoms with Crippen molar-refractivity contribution in [3.8, 4) is 5.75 Å². The lowest BCUT2D eigenvalue weighted by Crippen LogP contribution is -2.04. The molecule has 0 saturated carbocycles. The van der Waals surface area contributed by atoms with E-state index in [1.54, 1.807) is 0 Å². The van der Waals surface area contributed by atoms with E-state index in [4.69, 9.17) is 15.4 Å². The van der Waals surface area contributed by atoms with Gasteiger partial charge in [-0.25, -0.2) is 12.8 Å². The molecule has 0 spiro atoms. The molecule has 1 rings (SSSR count). The van der Waals surface area contributed by atoms with Crippen molar-refractivity contribution in [3.05, 3.63) is 23.8 Å². The summed E-state index contributed by atoms with van der Waals surface area (Å²) < 4.78 is 53.8. The van der Waals surface area contributed by atoms with Crippen molar-refractivity contribution in [2.24, 2.45) is 0 Å². The highest BCUT2D eigenvalue weighted by molar-refractivity contribution is 8.13. The summed E-state index contributed by atoms with van der Waals surface area (Å²) in [5.74, 6) is -3.17. The standard InChI is InChI=1S/C11H13ClF2O3S/c1-2-3-4-7-17-8-5-6-9(18(12,15)16)11(14)10(8)13/h5-6H,2-4,7H2,1H3. The van der Waals surface area contributed by atoms with Gasteiger partial charge in [0.25, 0.3) is 9.05 Å². The summed E-state index contributed by atoms with van der Waals surface area (Å²) in [5, 5.41) is 0. The van der Waals surface area contributed by atoms with Crippen molar-refractivity contribution in [2.45, 2.75) is 31.1 Å². The Morgan fingerprint density at radius 3 is 2.44 bits per heavy atom. The van der Waals surface area contributed by atoms with Crippen molar-refractivity contribution in [1.82, 2.24) is 0 Å². The molecule has 0 N–H and O–H groups in total. The Labute approximate surface area is 109 Å². The molecule has 0 fully saturated rings. The lowest BCUT2D eigenvalue weighted by atomic mass is 10.2. The minimum Gasteiger partial charge on any atom is -0.490 e. The number of benzene rings is 1. The molecular weight excluding hydrogens is 286 g/mol. The van der Waals surface area contributed by atoms with Crippen LogP contribution in [0.25, 0.3) is 0 Å². The summed E-state index contributed by atoms with van der Waals surface area (Å²) in [6.07, 6.45) is 2.61. The number of hydrogen-bond acceptors (Lipinski definition) is 3. The molecule has 1 aromatic rings. The van der Waals surface area contributed by atoms with Gasteiger partial charge in [0.2, 0.25) is 5.82 Å². The number of halogens is 3. The lowest BCUT2D eigenvalue weighted by Gasteiger charge is -2.08. The average Bonchev–Trinajstić information content (AvgIpc) is 2.28. The summed E-state index contributed by atoms with van der Waals surface area (Å²) >= 11 is 0. The first-order valence-electron chi connectivity index (χ1n) is 5.43. The van der Waals surface area contributed by atoms with Crippen molar-refractivity contribution >= 4 is 19.7 Å². The number of ether oxygens (including phenoxy) is 1. The predicted molar refractivity (Wildman–Crippen MR) is 64.4 cm³/mol. The second-order valence-electron chi connectivity index (χ2n) is 3.68. The third-order valence-electron chi connectivity index (χ3n) is 2.28. The molecule has 0 heterocycles. The molecule has 7 heteroatoms. The smallest absolute Gasteiger partial charge is 0.264 e. The normalized spacial score (nSPS) is 11.6. The first-order valence-corrected chi connectivity index (χ1v) is 7.74. The van der Waals surface area contributed by atoms with Crippen molar-refractivity contribution in [2.75, 3.05) is 6.61 Å². The molecule has 0 bridgehead atoms. The van der Waals surface area contributed by atoms with Crippen molar-refractivity contribution in [1.29, 1.82) is 0 Å². The highest BCUT2D eigenvalue weighted by atomic mass is 35.7. The second-order valence-corrected chi connectivity index (χ2v) is 6.22. The van der Waals surface area contributed by atoms with Crippen LogP contribution in [0.2, 0.25) is 0 Å². The highest BCUT2D eigenvalue weighted by Gasteiger charge is 2.22. The van der Waals surface area contributed by atoms with E-state index < -0.39 is 25.6 Å². The third kappa shape index (κ3) is 3.81. The van der Waals surface area contributed by atoms with E-state index in [1.807, 2.05) is 6.92 Å². The Morgan fingerprint density at radius 2 is 1.89 bits per heavy atom. The van der Waals surface area contributed by atoms with Crippen LogP contribution in [0.5, 0.6) is 5.75 Å². The van der Waals surface area contributed by atoms with Gasteiger partial charge in [-0.05, 0) is 18.6 Å². The van der Waals surface area contributed by atoms with Gasteiger partial charge < -0.3 is 4.74 Å². The molecule has 18 heavy (non-hydrogen) atoms. The minimum absolute atomic E-state index is 0.247. The largest absolute Gasteiger partial charge is 0.490 e. The van der Waals surface area contributed by atoms with Crippen LogP contribution in [0.1, 0.15) is 26.2 Å². The molecule has 0 aromatic heterocycles.